The summed E-state index contributed by atoms with van der Waals surface area (Å²) in [6.45, 7) is 8.32. The Kier molecular flexibility index (Phi) is 10.2. The maximum absolute atomic E-state index is 14.5. The summed E-state index contributed by atoms with van der Waals surface area (Å²) < 4.78 is 5.44. The molecule has 0 saturated heterocycles. The lowest BCUT2D eigenvalue weighted by atomic mass is 10.0. The van der Waals surface area contributed by atoms with Crippen molar-refractivity contribution in [3.8, 4) is 0 Å². The van der Waals surface area contributed by atoms with E-state index in [0.717, 1.165) is 16.3 Å². The summed E-state index contributed by atoms with van der Waals surface area (Å²) in [7, 11) is 1.46. The summed E-state index contributed by atoms with van der Waals surface area (Å²) in [5.74, 6) is -1.50. The predicted octanol–water partition coefficient (Wildman–Crippen LogP) is 6.02. The number of carbonyl (C=O) groups is 5. The van der Waals surface area contributed by atoms with Crippen molar-refractivity contribution >= 4 is 51.7 Å². The zero-order valence-corrected chi connectivity index (χ0v) is 28.7. The van der Waals surface area contributed by atoms with Gasteiger partial charge in [0, 0.05) is 24.7 Å². The Morgan fingerprint density at radius 3 is 2.16 bits per heavy atom. The van der Waals surface area contributed by atoms with Crippen molar-refractivity contribution in [3.05, 3.63) is 108 Å². The molecule has 0 radical (unpaired) electrons. The van der Waals surface area contributed by atoms with E-state index < -0.39 is 41.5 Å². The van der Waals surface area contributed by atoms with E-state index in [0.29, 0.717) is 28.9 Å². The first-order chi connectivity index (χ1) is 23.2. The quantitative estimate of drug-likeness (QED) is 0.231. The molecule has 0 bridgehead atoms. The first kappa shape index (κ1) is 34.8. The summed E-state index contributed by atoms with van der Waals surface area (Å²) in [5.41, 5.74) is 2.11. The first-order valence-electron chi connectivity index (χ1n) is 16.3. The molecule has 10 heteroatoms. The number of fused-ring (bicyclic) bond motifs is 2. The van der Waals surface area contributed by atoms with Gasteiger partial charge in [0.15, 0.2) is 5.78 Å². The third kappa shape index (κ3) is 7.80. The topological polar surface area (TPSA) is 116 Å². The minimum Gasteiger partial charge on any atom is -0.444 e. The second kappa shape index (κ2) is 14.3. The number of Topliss-reactive ketones (excluding diaryl/α,β-unsaturated/α-hetero) is 1. The van der Waals surface area contributed by atoms with Gasteiger partial charge in [0.05, 0.1) is 17.9 Å². The smallest absolute Gasteiger partial charge is 0.410 e. The number of hydrogen-bond donors (Lipinski definition) is 1. The van der Waals surface area contributed by atoms with Crippen LogP contribution in [0.3, 0.4) is 0 Å². The normalized spacial score (nSPS) is 15.2. The number of ketones is 1. The van der Waals surface area contributed by atoms with Crippen molar-refractivity contribution in [2.45, 2.75) is 58.7 Å². The van der Waals surface area contributed by atoms with Crippen molar-refractivity contribution in [1.29, 1.82) is 0 Å². The Labute approximate surface area is 286 Å². The molecule has 1 aliphatic rings. The standard InChI is InChI=1S/C39H42N4O6/c1-25(41(6)38(48)49-39(3,4)5)35(45)40-32-24-43(36(46)30-20-18-27(19-21-30)26(2)44)34-17-10-9-16-33(34)42(37(32)47)23-22-29-14-11-13-28-12-7-8-15-31(28)29/h7-21,25,32H,22-24H2,1-6H3,(H,40,45)/t25?,32-/m0/s1. The number of carbonyl (C=O) groups excluding carboxylic acids is 5. The number of ether oxygens (including phenoxy) is 1. The van der Waals surface area contributed by atoms with Gasteiger partial charge in [-0.2, -0.15) is 0 Å². The van der Waals surface area contributed by atoms with Crippen LogP contribution in [-0.4, -0.2) is 72.3 Å². The highest BCUT2D eigenvalue weighted by Gasteiger charge is 2.38. The number of likely N-dealkylation sites (N-methyl/N-ethyl adjacent to an activating group) is 1. The molecule has 2 atom stereocenters. The van der Waals surface area contributed by atoms with E-state index in [-0.39, 0.29) is 18.9 Å². The molecule has 4 aromatic carbocycles. The molecule has 0 aromatic heterocycles. The summed E-state index contributed by atoms with van der Waals surface area (Å²) in [5, 5.41) is 5.01. The van der Waals surface area contributed by atoms with Crippen LogP contribution < -0.4 is 15.1 Å². The molecular weight excluding hydrogens is 620 g/mol. The number of para-hydroxylation sites is 2. The number of hydrogen-bond acceptors (Lipinski definition) is 6. The van der Waals surface area contributed by atoms with E-state index in [2.05, 4.69) is 5.32 Å². The van der Waals surface area contributed by atoms with E-state index in [9.17, 15) is 24.0 Å². The lowest BCUT2D eigenvalue weighted by Gasteiger charge is -2.30. The van der Waals surface area contributed by atoms with Gasteiger partial charge in [0.2, 0.25) is 5.91 Å². The molecular formula is C39H42N4O6. The van der Waals surface area contributed by atoms with Crippen LogP contribution >= 0.6 is 0 Å². The van der Waals surface area contributed by atoms with E-state index in [1.807, 2.05) is 42.5 Å². The molecule has 0 saturated carbocycles. The van der Waals surface area contributed by atoms with Crippen LogP contribution in [0.15, 0.2) is 91.0 Å². The number of anilines is 2. The molecule has 1 unspecified atom stereocenters. The Balaban J connectivity index is 1.50. The minimum atomic E-state index is -1.15. The zero-order valence-electron chi connectivity index (χ0n) is 28.7. The summed E-state index contributed by atoms with van der Waals surface area (Å²) in [4.78, 5) is 71.3. The second-order valence-electron chi connectivity index (χ2n) is 13.2. The van der Waals surface area contributed by atoms with Gasteiger partial charge in [-0.15, -0.1) is 0 Å². The highest BCUT2D eigenvalue weighted by atomic mass is 16.6. The van der Waals surface area contributed by atoms with Crippen molar-refractivity contribution < 1.29 is 28.7 Å². The largest absolute Gasteiger partial charge is 0.444 e. The van der Waals surface area contributed by atoms with Gasteiger partial charge in [-0.1, -0.05) is 66.7 Å². The van der Waals surface area contributed by atoms with Crippen molar-refractivity contribution in [2.24, 2.45) is 0 Å². The molecule has 254 valence electrons. The van der Waals surface area contributed by atoms with E-state index in [1.165, 1.54) is 23.8 Å². The van der Waals surface area contributed by atoms with E-state index >= 15 is 0 Å². The van der Waals surface area contributed by atoms with Gasteiger partial charge in [-0.3, -0.25) is 24.1 Å². The molecule has 5 rings (SSSR count). The molecule has 1 N–H and O–H groups in total. The van der Waals surface area contributed by atoms with Crippen LogP contribution in [0.4, 0.5) is 16.2 Å². The van der Waals surface area contributed by atoms with Gasteiger partial charge in [0.1, 0.15) is 17.7 Å². The summed E-state index contributed by atoms with van der Waals surface area (Å²) in [6.07, 6.45) is -0.169. The van der Waals surface area contributed by atoms with Crippen molar-refractivity contribution in [2.75, 3.05) is 29.9 Å². The van der Waals surface area contributed by atoms with Crippen molar-refractivity contribution in [3.63, 3.8) is 0 Å². The second-order valence-corrected chi connectivity index (χ2v) is 13.2. The third-order valence-corrected chi connectivity index (χ3v) is 8.62. The lowest BCUT2D eigenvalue weighted by Crippen LogP contribution is -2.57. The molecule has 4 aromatic rings. The minimum absolute atomic E-state index is 0.125. The third-order valence-electron chi connectivity index (χ3n) is 8.62. The fraction of sp³-hybridized carbons (Fsp3) is 0.308. The van der Waals surface area contributed by atoms with E-state index in [1.54, 1.807) is 81.1 Å². The molecule has 1 heterocycles. The first-order valence-corrected chi connectivity index (χ1v) is 16.3. The van der Waals surface area contributed by atoms with Gasteiger partial charge < -0.3 is 19.9 Å². The average Bonchev–Trinajstić information content (AvgIpc) is 3.19. The van der Waals surface area contributed by atoms with Crippen LogP contribution in [0.1, 0.15) is 60.9 Å². The highest BCUT2D eigenvalue weighted by molar-refractivity contribution is 6.13. The zero-order chi connectivity index (χ0) is 35.5. The number of nitrogens with zero attached hydrogens (tertiary/aromatic N) is 3. The molecule has 0 fully saturated rings. The number of benzene rings is 4. The molecule has 1 aliphatic heterocycles. The molecule has 49 heavy (non-hydrogen) atoms. The van der Waals surface area contributed by atoms with Crippen LogP contribution in [-0.2, 0) is 20.7 Å². The van der Waals surface area contributed by atoms with Gasteiger partial charge in [0.25, 0.3) is 11.8 Å². The predicted molar refractivity (Wildman–Crippen MR) is 190 cm³/mol. The van der Waals surface area contributed by atoms with Crippen LogP contribution in [0.2, 0.25) is 0 Å². The Bertz CT molecular complexity index is 1890. The maximum atomic E-state index is 14.5. The maximum Gasteiger partial charge on any atom is 0.410 e. The summed E-state index contributed by atoms with van der Waals surface area (Å²) in [6, 6.07) is 25.5. The highest BCUT2D eigenvalue weighted by Crippen LogP contribution is 2.34. The van der Waals surface area contributed by atoms with Crippen LogP contribution in [0.25, 0.3) is 10.8 Å². The fourth-order valence-electron chi connectivity index (χ4n) is 5.82. The Hall–Kier alpha value is -5.51. The van der Waals surface area contributed by atoms with Gasteiger partial charge in [-0.05, 0) is 81.6 Å². The number of nitrogens with one attached hydrogen (secondary N) is 1. The number of rotatable bonds is 8. The number of amides is 4. The van der Waals surface area contributed by atoms with E-state index in [4.69, 9.17) is 4.74 Å². The van der Waals surface area contributed by atoms with Crippen molar-refractivity contribution in [1.82, 2.24) is 10.2 Å². The van der Waals surface area contributed by atoms with Crippen LogP contribution in [0.5, 0.6) is 0 Å². The monoisotopic (exact) mass is 662 g/mol. The molecule has 10 nitrogen and oxygen atoms in total. The Morgan fingerprint density at radius 2 is 1.49 bits per heavy atom. The molecule has 4 amide bonds. The lowest BCUT2D eigenvalue weighted by molar-refractivity contribution is -0.130. The van der Waals surface area contributed by atoms with Gasteiger partial charge >= 0.3 is 6.09 Å². The Morgan fingerprint density at radius 1 is 0.878 bits per heavy atom. The average molecular weight is 663 g/mol. The summed E-state index contributed by atoms with van der Waals surface area (Å²) >= 11 is 0. The fourth-order valence-corrected chi connectivity index (χ4v) is 5.82. The SMILES string of the molecule is CC(=O)c1ccc(C(=O)N2C[C@H](NC(=O)C(C)N(C)C(=O)OC(C)(C)C)C(=O)N(CCc3cccc4ccccc34)c3ccccc32)cc1. The molecule has 0 aliphatic carbocycles. The molecule has 0 spiro atoms. The van der Waals surface area contributed by atoms with Gasteiger partial charge in [-0.25, -0.2) is 4.79 Å². The van der Waals surface area contributed by atoms with Crippen LogP contribution in [0, 0.1) is 0 Å².